The standard InChI is InChI=1S/C18H23N5O/c1-14-5-3-4-6-16(14)13-22-9-11-23(12-10-22)18(24)21-17-7-8-19-15(2)20-17/h3-8H,9-13H2,1-2H3,(H,19,20,21,24). The molecule has 2 aromatic rings. The lowest BCUT2D eigenvalue weighted by molar-refractivity contribution is 0.143. The van der Waals surface area contributed by atoms with E-state index in [2.05, 4.69) is 51.4 Å². The Bertz CT molecular complexity index is 710. The van der Waals surface area contributed by atoms with Crippen LogP contribution < -0.4 is 5.32 Å². The average Bonchev–Trinajstić information content (AvgIpc) is 2.57. The van der Waals surface area contributed by atoms with E-state index in [0.717, 1.165) is 32.7 Å². The first kappa shape index (κ1) is 16.4. The van der Waals surface area contributed by atoms with E-state index in [1.807, 2.05) is 4.90 Å². The normalized spacial score (nSPS) is 15.3. The summed E-state index contributed by atoms with van der Waals surface area (Å²) in [6, 6.07) is 10.1. The quantitative estimate of drug-likeness (QED) is 0.941. The first-order valence-corrected chi connectivity index (χ1v) is 8.24. The highest BCUT2D eigenvalue weighted by Gasteiger charge is 2.21. The Morgan fingerprint density at radius 3 is 2.58 bits per heavy atom. The molecule has 1 saturated heterocycles. The molecule has 1 aromatic heterocycles. The van der Waals surface area contributed by atoms with E-state index < -0.39 is 0 Å². The van der Waals surface area contributed by atoms with Crippen molar-refractivity contribution in [3.05, 3.63) is 53.5 Å². The van der Waals surface area contributed by atoms with Crippen LogP contribution in [0.4, 0.5) is 10.6 Å². The summed E-state index contributed by atoms with van der Waals surface area (Å²) in [5.74, 6) is 1.20. The molecule has 2 heterocycles. The van der Waals surface area contributed by atoms with Crippen LogP contribution in [0.1, 0.15) is 17.0 Å². The molecule has 6 nitrogen and oxygen atoms in total. The Kier molecular flexibility index (Phi) is 5.05. The van der Waals surface area contributed by atoms with Gasteiger partial charge in [0.15, 0.2) is 0 Å². The van der Waals surface area contributed by atoms with Gasteiger partial charge in [-0.25, -0.2) is 14.8 Å². The van der Waals surface area contributed by atoms with Crippen molar-refractivity contribution in [3.63, 3.8) is 0 Å². The molecule has 0 unspecified atom stereocenters. The lowest BCUT2D eigenvalue weighted by Gasteiger charge is -2.34. The minimum absolute atomic E-state index is 0.0939. The van der Waals surface area contributed by atoms with Gasteiger partial charge in [0.2, 0.25) is 0 Å². The Hall–Kier alpha value is -2.47. The van der Waals surface area contributed by atoms with Gasteiger partial charge in [-0.3, -0.25) is 10.2 Å². The molecule has 0 bridgehead atoms. The maximum Gasteiger partial charge on any atom is 0.323 e. The van der Waals surface area contributed by atoms with Crippen molar-refractivity contribution >= 4 is 11.8 Å². The summed E-state index contributed by atoms with van der Waals surface area (Å²) in [7, 11) is 0. The van der Waals surface area contributed by atoms with Crippen molar-refractivity contribution in [1.29, 1.82) is 0 Å². The molecule has 1 aliphatic rings. The number of urea groups is 1. The molecule has 0 radical (unpaired) electrons. The number of nitrogens with one attached hydrogen (secondary N) is 1. The van der Waals surface area contributed by atoms with Gasteiger partial charge in [0.05, 0.1) is 0 Å². The SMILES string of the molecule is Cc1nccc(NC(=O)N2CCN(Cc3ccccc3C)CC2)n1. The summed E-state index contributed by atoms with van der Waals surface area (Å²) >= 11 is 0. The molecule has 1 aromatic carbocycles. The van der Waals surface area contributed by atoms with Crippen LogP contribution in [0, 0.1) is 13.8 Å². The molecule has 1 aliphatic heterocycles. The number of rotatable bonds is 3. The van der Waals surface area contributed by atoms with Gasteiger partial charge in [0.25, 0.3) is 0 Å². The fourth-order valence-corrected chi connectivity index (χ4v) is 2.85. The van der Waals surface area contributed by atoms with Crippen LogP contribution in [0.2, 0.25) is 0 Å². The molecule has 126 valence electrons. The van der Waals surface area contributed by atoms with E-state index in [0.29, 0.717) is 11.6 Å². The fraction of sp³-hybridized carbons (Fsp3) is 0.389. The maximum absolute atomic E-state index is 12.3. The lowest BCUT2D eigenvalue weighted by atomic mass is 10.1. The van der Waals surface area contributed by atoms with Crippen molar-refractivity contribution in [3.8, 4) is 0 Å². The number of piperazine rings is 1. The maximum atomic E-state index is 12.3. The summed E-state index contributed by atoms with van der Waals surface area (Å²) in [6.07, 6.45) is 1.65. The van der Waals surface area contributed by atoms with Gasteiger partial charge in [0, 0.05) is 38.9 Å². The zero-order valence-corrected chi connectivity index (χ0v) is 14.2. The molecule has 6 heteroatoms. The predicted octanol–water partition coefficient (Wildman–Crippen LogP) is 2.44. The summed E-state index contributed by atoms with van der Waals surface area (Å²) in [4.78, 5) is 24.8. The Morgan fingerprint density at radius 1 is 1.12 bits per heavy atom. The van der Waals surface area contributed by atoms with Gasteiger partial charge in [-0.2, -0.15) is 0 Å². The number of carbonyl (C=O) groups is 1. The van der Waals surface area contributed by atoms with E-state index in [1.54, 1.807) is 19.2 Å². The van der Waals surface area contributed by atoms with E-state index in [1.165, 1.54) is 11.1 Å². The third kappa shape index (κ3) is 4.08. The number of anilines is 1. The molecule has 1 fully saturated rings. The second-order valence-electron chi connectivity index (χ2n) is 6.11. The first-order valence-electron chi connectivity index (χ1n) is 8.24. The summed E-state index contributed by atoms with van der Waals surface area (Å²) in [5.41, 5.74) is 2.67. The minimum Gasteiger partial charge on any atom is -0.322 e. The topological polar surface area (TPSA) is 61.4 Å². The number of nitrogens with zero attached hydrogens (tertiary/aromatic N) is 4. The number of benzene rings is 1. The van der Waals surface area contributed by atoms with Gasteiger partial charge in [-0.15, -0.1) is 0 Å². The number of hydrogen-bond acceptors (Lipinski definition) is 4. The number of aromatic nitrogens is 2. The Morgan fingerprint density at radius 2 is 1.88 bits per heavy atom. The van der Waals surface area contributed by atoms with Crippen molar-refractivity contribution in [2.75, 3.05) is 31.5 Å². The molecular weight excluding hydrogens is 302 g/mol. The van der Waals surface area contributed by atoms with Gasteiger partial charge in [0.1, 0.15) is 11.6 Å². The third-order valence-corrected chi connectivity index (χ3v) is 4.33. The number of amides is 2. The zero-order valence-electron chi connectivity index (χ0n) is 14.2. The number of carbonyl (C=O) groups excluding carboxylic acids is 1. The molecule has 2 amide bonds. The van der Waals surface area contributed by atoms with Crippen molar-refractivity contribution in [2.45, 2.75) is 20.4 Å². The molecule has 0 atom stereocenters. The Labute approximate surface area is 142 Å². The van der Waals surface area contributed by atoms with Crippen LogP contribution >= 0.6 is 0 Å². The summed E-state index contributed by atoms with van der Waals surface area (Å²) < 4.78 is 0. The van der Waals surface area contributed by atoms with Gasteiger partial charge in [-0.1, -0.05) is 24.3 Å². The van der Waals surface area contributed by atoms with Crippen molar-refractivity contribution in [2.24, 2.45) is 0 Å². The van der Waals surface area contributed by atoms with E-state index in [4.69, 9.17) is 0 Å². The molecule has 3 rings (SSSR count). The van der Waals surface area contributed by atoms with Crippen LogP contribution in [0.15, 0.2) is 36.5 Å². The molecular formula is C18H23N5O. The molecule has 24 heavy (non-hydrogen) atoms. The van der Waals surface area contributed by atoms with E-state index in [-0.39, 0.29) is 6.03 Å². The van der Waals surface area contributed by atoms with Crippen LogP contribution in [-0.4, -0.2) is 52.0 Å². The first-order chi connectivity index (χ1) is 11.6. The average molecular weight is 325 g/mol. The van der Waals surface area contributed by atoms with Crippen LogP contribution in [0.5, 0.6) is 0 Å². The summed E-state index contributed by atoms with van der Waals surface area (Å²) in [6.45, 7) is 8.09. The smallest absolute Gasteiger partial charge is 0.322 e. The second kappa shape index (κ2) is 7.40. The molecule has 0 spiro atoms. The highest BCUT2D eigenvalue weighted by molar-refractivity contribution is 5.88. The highest BCUT2D eigenvalue weighted by atomic mass is 16.2. The molecule has 0 saturated carbocycles. The van der Waals surface area contributed by atoms with Crippen molar-refractivity contribution in [1.82, 2.24) is 19.8 Å². The third-order valence-electron chi connectivity index (χ3n) is 4.33. The summed E-state index contributed by atoms with van der Waals surface area (Å²) in [5, 5.41) is 2.84. The van der Waals surface area contributed by atoms with Crippen LogP contribution in [0.25, 0.3) is 0 Å². The minimum atomic E-state index is -0.0939. The highest BCUT2D eigenvalue weighted by Crippen LogP contribution is 2.13. The second-order valence-corrected chi connectivity index (χ2v) is 6.11. The lowest BCUT2D eigenvalue weighted by Crippen LogP contribution is -2.49. The van der Waals surface area contributed by atoms with Crippen LogP contribution in [-0.2, 0) is 6.54 Å². The molecule has 1 N–H and O–H groups in total. The number of hydrogen-bond donors (Lipinski definition) is 1. The largest absolute Gasteiger partial charge is 0.323 e. The Balaban J connectivity index is 1.51. The van der Waals surface area contributed by atoms with Gasteiger partial charge in [-0.05, 0) is 31.0 Å². The zero-order chi connectivity index (χ0) is 16.9. The number of aryl methyl sites for hydroxylation is 2. The van der Waals surface area contributed by atoms with Gasteiger partial charge < -0.3 is 4.90 Å². The van der Waals surface area contributed by atoms with E-state index >= 15 is 0 Å². The van der Waals surface area contributed by atoms with Gasteiger partial charge >= 0.3 is 6.03 Å². The fourth-order valence-electron chi connectivity index (χ4n) is 2.85. The predicted molar refractivity (Wildman–Crippen MR) is 93.8 cm³/mol. The monoisotopic (exact) mass is 325 g/mol. The van der Waals surface area contributed by atoms with Crippen LogP contribution in [0.3, 0.4) is 0 Å². The van der Waals surface area contributed by atoms with E-state index in [9.17, 15) is 4.79 Å². The molecule has 0 aliphatic carbocycles. The van der Waals surface area contributed by atoms with Crippen molar-refractivity contribution < 1.29 is 4.79 Å².